The van der Waals surface area contributed by atoms with Crippen LogP contribution in [0.2, 0.25) is 5.02 Å². The average molecular weight is 497 g/mol. The van der Waals surface area contributed by atoms with E-state index in [1.807, 2.05) is 6.07 Å². The number of nitriles is 1. The lowest BCUT2D eigenvalue weighted by Gasteiger charge is -2.21. The van der Waals surface area contributed by atoms with E-state index in [2.05, 4.69) is 30.4 Å². The number of nitrogens with one attached hydrogen (secondary N) is 3. The number of halogens is 1. The van der Waals surface area contributed by atoms with Crippen molar-refractivity contribution in [1.29, 1.82) is 5.26 Å². The molecule has 3 N–H and O–H groups in total. The number of rotatable bonds is 8. The zero-order valence-corrected chi connectivity index (χ0v) is 19.9. The Morgan fingerprint density at radius 2 is 1.97 bits per heavy atom. The van der Waals surface area contributed by atoms with Gasteiger partial charge >= 0.3 is 0 Å². The standard InChI is InChI=1S/C19H25ClN8O4S/c1-19(2,9-21)10-33(29,30)27-14-8-32-15-13(7-31-16(14)15)25-17-12(20)5-22-18(26-17)24-11-4-23-28(3)6-11/h4-6,13-16,27H,7-8,10H2,1-3H3,(H2,22,24,25,26)/t13-,14+,15?,16?/m1/s1. The van der Waals surface area contributed by atoms with Gasteiger partial charge in [-0.05, 0) is 13.8 Å². The van der Waals surface area contributed by atoms with Gasteiger partial charge < -0.3 is 20.1 Å². The number of hydrogen-bond acceptors (Lipinski definition) is 10. The van der Waals surface area contributed by atoms with E-state index < -0.39 is 33.7 Å². The summed E-state index contributed by atoms with van der Waals surface area (Å²) in [4.78, 5) is 8.61. The van der Waals surface area contributed by atoms with Gasteiger partial charge in [-0.1, -0.05) is 11.6 Å². The fraction of sp³-hybridized carbons (Fsp3) is 0.579. The van der Waals surface area contributed by atoms with E-state index in [0.717, 1.165) is 5.69 Å². The fourth-order valence-electron chi connectivity index (χ4n) is 3.82. The summed E-state index contributed by atoms with van der Waals surface area (Å²) < 4.78 is 41.0. The molecule has 4 rings (SSSR count). The van der Waals surface area contributed by atoms with Crippen LogP contribution in [0.25, 0.3) is 0 Å². The third kappa shape index (κ3) is 5.53. The van der Waals surface area contributed by atoms with Crippen LogP contribution < -0.4 is 15.4 Å². The molecule has 2 aliphatic heterocycles. The maximum atomic E-state index is 12.5. The molecule has 2 fully saturated rings. The Morgan fingerprint density at radius 3 is 2.64 bits per heavy atom. The Morgan fingerprint density at radius 1 is 1.27 bits per heavy atom. The number of aromatic nitrogens is 4. The highest BCUT2D eigenvalue weighted by atomic mass is 35.5. The Labute approximate surface area is 196 Å². The molecule has 2 saturated heterocycles. The normalized spacial score (nSPS) is 24.9. The first-order valence-corrected chi connectivity index (χ1v) is 12.3. The van der Waals surface area contributed by atoms with Crippen molar-refractivity contribution in [1.82, 2.24) is 24.5 Å². The first-order valence-electron chi connectivity index (χ1n) is 10.2. The van der Waals surface area contributed by atoms with Gasteiger partial charge in [0.25, 0.3) is 0 Å². The topological polar surface area (TPSA) is 156 Å². The number of fused-ring (bicyclic) bond motifs is 1. The van der Waals surface area contributed by atoms with Gasteiger partial charge in [-0.3, -0.25) is 4.68 Å². The van der Waals surface area contributed by atoms with E-state index >= 15 is 0 Å². The Kier molecular flexibility index (Phi) is 6.47. The van der Waals surface area contributed by atoms with E-state index in [-0.39, 0.29) is 25.0 Å². The summed E-state index contributed by atoms with van der Waals surface area (Å²) in [7, 11) is -1.90. The zero-order chi connectivity index (χ0) is 23.8. The number of nitrogens with zero attached hydrogens (tertiary/aromatic N) is 5. The van der Waals surface area contributed by atoms with Crippen molar-refractivity contribution in [3.05, 3.63) is 23.6 Å². The molecule has 2 aromatic rings. The average Bonchev–Trinajstić information content (AvgIpc) is 3.42. The Hall–Kier alpha value is -2.50. The van der Waals surface area contributed by atoms with Crippen LogP contribution in [0.5, 0.6) is 0 Å². The summed E-state index contributed by atoms with van der Waals surface area (Å²) in [5, 5.41) is 19.8. The van der Waals surface area contributed by atoms with Gasteiger partial charge in [-0.15, -0.1) is 0 Å². The van der Waals surface area contributed by atoms with Crippen LogP contribution in [0.3, 0.4) is 0 Å². The van der Waals surface area contributed by atoms with Crippen molar-refractivity contribution in [2.45, 2.75) is 38.1 Å². The molecule has 0 bridgehead atoms. The lowest BCUT2D eigenvalue weighted by atomic mass is 10.00. The number of ether oxygens (including phenoxy) is 2. The predicted octanol–water partition coefficient (Wildman–Crippen LogP) is 1.02. The van der Waals surface area contributed by atoms with Crippen molar-refractivity contribution in [2.75, 3.05) is 29.6 Å². The van der Waals surface area contributed by atoms with E-state index in [1.54, 1.807) is 38.0 Å². The number of sulfonamides is 1. The van der Waals surface area contributed by atoms with Crippen LogP contribution in [-0.4, -0.2) is 71.4 Å². The monoisotopic (exact) mass is 496 g/mol. The molecule has 178 valence electrons. The van der Waals surface area contributed by atoms with E-state index in [9.17, 15) is 8.42 Å². The van der Waals surface area contributed by atoms with E-state index in [1.165, 1.54) is 6.20 Å². The minimum atomic E-state index is -3.70. The molecular formula is C19H25ClN8O4S. The molecule has 2 unspecified atom stereocenters. The second-order valence-electron chi connectivity index (χ2n) is 8.74. The van der Waals surface area contributed by atoms with Crippen LogP contribution in [0.15, 0.2) is 18.6 Å². The summed E-state index contributed by atoms with van der Waals surface area (Å²) >= 11 is 6.28. The summed E-state index contributed by atoms with van der Waals surface area (Å²) in [6.07, 6.45) is 4.03. The van der Waals surface area contributed by atoms with Crippen molar-refractivity contribution >= 4 is 39.1 Å². The largest absolute Gasteiger partial charge is 0.371 e. The lowest BCUT2D eigenvalue weighted by molar-refractivity contribution is 0.0690. The number of anilines is 3. The van der Waals surface area contributed by atoms with Crippen molar-refractivity contribution < 1.29 is 17.9 Å². The highest BCUT2D eigenvalue weighted by Crippen LogP contribution is 2.31. The molecule has 2 aromatic heterocycles. The van der Waals surface area contributed by atoms with Gasteiger partial charge in [-0.2, -0.15) is 15.3 Å². The van der Waals surface area contributed by atoms with Gasteiger partial charge in [0.1, 0.15) is 17.2 Å². The first kappa shape index (κ1) is 23.7. The quantitative estimate of drug-likeness (QED) is 0.482. The summed E-state index contributed by atoms with van der Waals surface area (Å²) in [5.74, 6) is 0.425. The van der Waals surface area contributed by atoms with Crippen molar-refractivity contribution in [2.24, 2.45) is 12.5 Å². The van der Waals surface area contributed by atoms with Crippen LogP contribution in [0, 0.1) is 16.7 Å². The van der Waals surface area contributed by atoms with Crippen LogP contribution in [0.1, 0.15) is 13.8 Å². The van der Waals surface area contributed by atoms with Gasteiger partial charge in [0.05, 0.1) is 60.6 Å². The minimum Gasteiger partial charge on any atom is -0.371 e. The molecule has 4 heterocycles. The summed E-state index contributed by atoms with van der Waals surface area (Å²) in [5.41, 5.74) is -0.278. The molecule has 0 radical (unpaired) electrons. The minimum absolute atomic E-state index is 0.158. The number of aryl methyl sites for hydroxylation is 1. The Bertz CT molecular complexity index is 1160. The smallest absolute Gasteiger partial charge is 0.229 e. The van der Waals surface area contributed by atoms with Crippen molar-refractivity contribution in [3.63, 3.8) is 0 Å². The zero-order valence-electron chi connectivity index (χ0n) is 18.3. The van der Waals surface area contributed by atoms with Crippen LogP contribution in [-0.2, 0) is 26.5 Å². The summed E-state index contributed by atoms with van der Waals surface area (Å²) in [6.45, 7) is 3.60. The highest BCUT2D eigenvalue weighted by molar-refractivity contribution is 7.89. The second-order valence-corrected chi connectivity index (χ2v) is 10.9. The Balaban J connectivity index is 1.41. The molecule has 4 atom stereocenters. The lowest BCUT2D eigenvalue weighted by Crippen LogP contribution is -2.46. The third-order valence-corrected chi connectivity index (χ3v) is 7.31. The van der Waals surface area contributed by atoms with Crippen LogP contribution in [0.4, 0.5) is 17.5 Å². The molecule has 12 nitrogen and oxygen atoms in total. The highest BCUT2D eigenvalue weighted by Gasteiger charge is 2.49. The fourth-order valence-corrected chi connectivity index (χ4v) is 5.73. The molecule has 0 aliphatic carbocycles. The van der Waals surface area contributed by atoms with Gasteiger partial charge in [0, 0.05) is 13.2 Å². The maximum Gasteiger partial charge on any atom is 0.229 e. The molecular weight excluding hydrogens is 472 g/mol. The van der Waals surface area contributed by atoms with Crippen molar-refractivity contribution in [3.8, 4) is 6.07 Å². The second kappa shape index (κ2) is 9.03. The predicted molar refractivity (Wildman–Crippen MR) is 121 cm³/mol. The molecule has 0 amide bonds. The molecule has 14 heteroatoms. The molecule has 2 aliphatic rings. The van der Waals surface area contributed by atoms with E-state index in [4.69, 9.17) is 26.3 Å². The number of hydrogen-bond donors (Lipinski definition) is 3. The maximum absolute atomic E-state index is 12.5. The first-order chi connectivity index (χ1) is 15.5. The molecule has 33 heavy (non-hydrogen) atoms. The van der Waals surface area contributed by atoms with Gasteiger partial charge in [-0.25, -0.2) is 18.1 Å². The van der Waals surface area contributed by atoms with Gasteiger partial charge in [0.2, 0.25) is 16.0 Å². The van der Waals surface area contributed by atoms with Gasteiger partial charge in [0.15, 0.2) is 5.82 Å². The van der Waals surface area contributed by atoms with E-state index in [0.29, 0.717) is 16.8 Å². The molecule has 0 spiro atoms. The third-order valence-electron chi connectivity index (χ3n) is 5.27. The molecule has 0 saturated carbocycles. The van der Waals surface area contributed by atoms with Crippen LogP contribution >= 0.6 is 11.6 Å². The molecule has 0 aromatic carbocycles. The summed E-state index contributed by atoms with van der Waals surface area (Å²) in [6, 6.07) is 1.16. The SMILES string of the molecule is Cn1cc(Nc2ncc(Cl)c(N[C@@H]3COC4C3OC[C@@H]4NS(=O)(=O)CC(C)(C)C#N)n2)cn1.